The van der Waals surface area contributed by atoms with Gasteiger partial charge in [0.1, 0.15) is 18.2 Å². The van der Waals surface area contributed by atoms with Crippen molar-refractivity contribution in [1.82, 2.24) is 14.6 Å². The summed E-state index contributed by atoms with van der Waals surface area (Å²) in [6.45, 7) is 0.185. The van der Waals surface area contributed by atoms with Gasteiger partial charge in [-0.3, -0.25) is 9.59 Å². The van der Waals surface area contributed by atoms with E-state index in [4.69, 9.17) is 10.5 Å². The van der Waals surface area contributed by atoms with Crippen molar-refractivity contribution in [1.29, 1.82) is 0 Å². The molecule has 0 bridgehead atoms. The van der Waals surface area contributed by atoms with Crippen LogP contribution in [0.15, 0.2) is 73.1 Å². The molecule has 0 fully saturated rings. The van der Waals surface area contributed by atoms with Gasteiger partial charge in [0.15, 0.2) is 5.65 Å². The van der Waals surface area contributed by atoms with Gasteiger partial charge in [0.25, 0.3) is 11.8 Å². The number of primary amides is 1. The molecule has 144 valence electrons. The summed E-state index contributed by atoms with van der Waals surface area (Å²) in [5.74, 6) is 0.0677. The summed E-state index contributed by atoms with van der Waals surface area (Å²) in [5.41, 5.74) is 7.55. The normalized spacial score (nSPS) is 10.6. The Balaban J connectivity index is 1.49. The van der Waals surface area contributed by atoms with Crippen LogP contribution in [-0.2, 0) is 6.61 Å². The number of carbonyl (C=O) groups excluding carboxylic acids is 2. The number of nitrogens with one attached hydrogen (secondary N) is 1. The number of hydrogen-bond donors (Lipinski definition) is 2. The fourth-order valence-electron chi connectivity index (χ4n) is 2.88. The average Bonchev–Trinajstić information content (AvgIpc) is 3.22. The first-order chi connectivity index (χ1) is 14.1. The molecular weight excluding hydrogens is 370 g/mol. The topological polar surface area (TPSA) is 112 Å². The number of para-hydroxylation sites is 1. The van der Waals surface area contributed by atoms with Gasteiger partial charge in [-0.15, -0.1) is 0 Å². The number of carbonyl (C=O) groups is 2. The van der Waals surface area contributed by atoms with E-state index in [0.717, 1.165) is 5.56 Å². The van der Waals surface area contributed by atoms with E-state index in [1.165, 1.54) is 0 Å². The third-order valence-electron chi connectivity index (χ3n) is 4.27. The van der Waals surface area contributed by atoms with E-state index in [2.05, 4.69) is 15.4 Å². The first-order valence-electron chi connectivity index (χ1n) is 8.82. The monoisotopic (exact) mass is 387 g/mol. The van der Waals surface area contributed by atoms with E-state index >= 15 is 0 Å². The number of fused-ring (bicyclic) bond motifs is 1. The summed E-state index contributed by atoms with van der Waals surface area (Å²) >= 11 is 0. The lowest BCUT2D eigenvalue weighted by Gasteiger charge is -2.11. The second-order valence-electron chi connectivity index (χ2n) is 6.23. The number of benzene rings is 2. The fourth-order valence-corrected chi connectivity index (χ4v) is 2.88. The standard InChI is InChI=1S/C21H17N5O3/c22-20(27)16-6-1-2-7-17(16)29-13-14-4-3-5-15(12-14)21(28)25-19-8-10-23-18-9-11-24-26(18)19/h1-12H,13H2,(H2,22,27)(H,25,28). The third kappa shape index (κ3) is 3.91. The largest absolute Gasteiger partial charge is 0.488 e. The van der Waals surface area contributed by atoms with Crippen LogP contribution in [0.1, 0.15) is 26.3 Å². The van der Waals surface area contributed by atoms with Gasteiger partial charge in [0.2, 0.25) is 0 Å². The molecule has 4 rings (SSSR count). The first-order valence-corrected chi connectivity index (χ1v) is 8.82. The minimum Gasteiger partial charge on any atom is -0.488 e. The molecule has 4 aromatic rings. The number of nitrogens with zero attached hydrogens (tertiary/aromatic N) is 3. The van der Waals surface area contributed by atoms with Gasteiger partial charge < -0.3 is 15.8 Å². The second-order valence-corrected chi connectivity index (χ2v) is 6.23. The molecular formula is C21H17N5O3. The lowest BCUT2D eigenvalue weighted by atomic mass is 10.1. The lowest BCUT2D eigenvalue weighted by Crippen LogP contribution is -2.15. The van der Waals surface area contributed by atoms with Crippen molar-refractivity contribution in [2.75, 3.05) is 5.32 Å². The Morgan fingerprint density at radius 2 is 1.90 bits per heavy atom. The summed E-state index contributed by atoms with van der Waals surface area (Å²) < 4.78 is 7.28. The van der Waals surface area contributed by atoms with E-state index < -0.39 is 5.91 Å². The molecule has 2 amide bonds. The van der Waals surface area contributed by atoms with Crippen molar-refractivity contribution in [3.63, 3.8) is 0 Å². The Morgan fingerprint density at radius 3 is 2.76 bits per heavy atom. The van der Waals surface area contributed by atoms with Crippen molar-refractivity contribution in [2.24, 2.45) is 5.73 Å². The zero-order chi connectivity index (χ0) is 20.2. The third-order valence-corrected chi connectivity index (χ3v) is 4.27. The summed E-state index contributed by atoms with van der Waals surface area (Å²) in [6, 6.07) is 17.2. The number of aromatic nitrogens is 3. The molecule has 29 heavy (non-hydrogen) atoms. The Hall–Kier alpha value is -4.20. The van der Waals surface area contributed by atoms with Gasteiger partial charge in [0, 0.05) is 17.8 Å². The molecule has 0 aliphatic carbocycles. The molecule has 2 heterocycles. The highest BCUT2D eigenvalue weighted by Gasteiger charge is 2.11. The molecule has 3 N–H and O–H groups in total. The molecule has 8 heteroatoms. The number of amides is 2. The maximum atomic E-state index is 12.7. The SMILES string of the molecule is NC(=O)c1ccccc1OCc1cccc(C(=O)Nc2ccnc3ccnn23)c1. The summed E-state index contributed by atoms with van der Waals surface area (Å²) in [7, 11) is 0. The fraction of sp³-hybridized carbons (Fsp3) is 0.0476. The Kier molecular flexibility index (Phi) is 4.90. The van der Waals surface area contributed by atoms with Crippen LogP contribution in [0.3, 0.4) is 0 Å². The molecule has 0 spiro atoms. The summed E-state index contributed by atoms with van der Waals surface area (Å²) in [6.07, 6.45) is 3.22. The molecule has 2 aromatic carbocycles. The van der Waals surface area contributed by atoms with Gasteiger partial charge in [-0.25, -0.2) is 4.98 Å². The van der Waals surface area contributed by atoms with Crippen LogP contribution in [0, 0.1) is 0 Å². The Labute approximate surface area is 165 Å². The minimum absolute atomic E-state index is 0.185. The highest BCUT2D eigenvalue weighted by atomic mass is 16.5. The molecule has 2 aromatic heterocycles. The Bertz CT molecular complexity index is 1200. The van der Waals surface area contributed by atoms with Crippen molar-refractivity contribution >= 4 is 23.3 Å². The predicted molar refractivity (Wildman–Crippen MR) is 107 cm³/mol. The van der Waals surface area contributed by atoms with Crippen LogP contribution in [-0.4, -0.2) is 26.4 Å². The second kappa shape index (κ2) is 7.81. The smallest absolute Gasteiger partial charge is 0.256 e. The molecule has 8 nitrogen and oxygen atoms in total. The minimum atomic E-state index is -0.559. The van der Waals surface area contributed by atoms with Crippen molar-refractivity contribution in [2.45, 2.75) is 6.61 Å². The quantitative estimate of drug-likeness (QED) is 0.528. The molecule has 0 unspecified atom stereocenters. The van der Waals surface area contributed by atoms with Crippen LogP contribution in [0.5, 0.6) is 5.75 Å². The summed E-state index contributed by atoms with van der Waals surface area (Å²) in [5, 5.41) is 6.98. The van der Waals surface area contributed by atoms with E-state index in [9.17, 15) is 9.59 Å². The number of hydrogen-bond acceptors (Lipinski definition) is 5. The number of ether oxygens (including phenoxy) is 1. The maximum absolute atomic E-state index is 12.7. The lowest BCUT2D eigenvalue weighted by molar-refractivity contribution is 0.0994. The van der Waals surface area contributed by atoms with E-state index in [-0.39, 0.29) is 12.5 Å². The maximum Gasteiger partial charge on any atom is 0.256 e. The molecule has 0 atom stereocenters. The van der Waals surface area contributed by atoms with Crippen LogP contribution in [0.25, 0.3) is 5.65 Å². The summed E-state index contributed by atoms with van der Waals surface area (Å²) in [4.78, 5) is 28.3. The first kappa shape index (κ1) is 18.2. The predicted octanol–water partition coefficient (Wildman–Crippen LogP) is 2.66. The van der Waals surface area contributed by atoms with Crippen LogP contribution >= 0.6 is 0 Å². The van der Waals surface area contributed by atoms with Gasteiger partial charge in [-0.05, 0) is 35.9 Å². The number of anilines is 1. The van der Waals surface area contributed by atoms with Crippen LogP contribution in [0.2, 0.25) is 0 Å². The van der Waals surface area contributed by atoms with Gasteiger partial charge in [0.05, 0.1) is 11.8 Å². The zero-order valence-electron chi connectivity index (χ0n) is 15.3. The van der Waals surface area contributed by atoms with E-state index in [0.29, 0.717) is 28.3 Å². The molecule has 0 aliphatic rings. The van der Waals surface area contributed by atoms with E-state index in [1.807, 2.05) is 6.07 Å². The van der Waals surface area contributed by atoms with Crippen molar-refractivity contribution in [3.8, 4) is 5.75 Å². The van der Waals surface area contributed by atoms with Gasteiger partial charge >= 0.3 is 0 Å². The highest BCUT2D eigenvalue weighted by Crippen LogP contribution is 2.19. The molecule has 0 saturated carbocycles. The van der Waals surface area contributed by atoms with Crippen molar-refractivity contribution < 1.29 is 14.3 Å². The van der Waals surface area contributed by atoms with Crippen LogP contribution < -0.4 is 15.8 Å². The number of nitrogens with two attached hydrogens (primary N) is 1. The average molecular weight is 387 g/mol. The number of rotatable bonds is 6. The van der Waals surface area contributed by atoms with Crippen LogP contribution in [0.4, 0.5) is 5.82 Å². The molecule has 0 aliphatic heterocycles. The molecule has 0 saturated heterocycles. The van der Waals surface area contributed by atoms with Gasteiger partial charge in [-0.1, -0.05) is 24.3 Å². The van der Waals surface area contributed by atoms with Crippen molar-refractivity contribution in [3.05, 3.63) is 89.7 Å². The Morgan fingerprint density at radius 1 is 1.03 bits per heavy atom. The zero-order valence-corrected chi connectivity index (χ0v) is 15.3. The van der Waals surface area contributed by atoms with E-state index in [1.54, 1.807) is 71.5 Å². The molecule has 0 radical (unpaired) electrons. The highest BCUT2D eigenvalue weighted by molar-refractivity contribution is 6.04. The van der Waals surface area contributed by atoms with Gasteiger partial charge in [-0.2, -0.15) is 9.61 Å².